The predicted octanol–water partition coefficient (Wildman–Crippen LogP) is 3.16. The van der Waals surface area contributed by atoms with Gasteiger partial charge in [-0.15, -0.1) is 0 Å². The Kier molecular flexibility index (Phi) is 4.66. The minimum absolute atomic E-state index is 0.0244. The number of hydrogen-bond acceptors (Lipinski definition) is 5. The number of hydrazone groups is 1. The van der Waals surface area contributed by atoms with Gasteiger partial charge in [0, 0.05) is 5.56 Å². The molecule has 0 aromatic heterocycles. The molecular formula is C16H18N2O3. The predicted molar refractivity (Wildman–Crippen MR) is 83.6 cm³/mol. The van der Waals surface area contributed by atoms with Crippen molar-refractivity contribution in [1.29, 1.82) is 0 Å². The molecule has 0 aliphatic carbocycles. The van der Waals surface area contributed by atoms with Crippen molar-refractivity contribution in [2.75, 3.05) is 19.6 Å². The van der Waals surface area contributed by atoms with Crippen molar-refractivity contribution in [3.05, 3.63) is 47.5 Å². The molecule has 21 heavy (non-hydrogen) atoms. The molecule has 0 radical (unpaired) electrons. The number of anilines is 1. The molecule has 110 valence electrons. The van der Waals surface area contributed by atoms with Crippen LogP contribution in [-0.2, 0) is 0 Å². The number of nitrogens with one attached hydrogen (secondary N) is 1. The van der Waals surface area contributed by atoms with Crippen molar-refractivity contribution in [2.45, 2.75) is 6.92 Å². The highest BCUT2D eigenvalue weighted by Crippen LogP contribution is 2.36. The number of hydrogen-bond donors (Lipinski definition) is 2. The van der Waals surface area contributed by atoms with Gasteiger partial charge in [0.05, 0.1) is 26.1 Å². The first-order valence-corrected chi connectivity index (χ1v) is 6.44. The lowest BCUT2D eigenvalue weighted by Crippen LogP contribution is -1.94. The van der Waals surface area contributed by atoms with E-state index in [4.69, 9.17) is 9.47 Å². The van der Waals surface area contributed by atoms with Gasteiger partial charge in [0.2, 0.25) is 5.75 Å². The Morgan fingerprint density at radius 3 is 2.14 bits per heavy atom. The van der Waals surface area contributed by atoms with Crippen molar-refractivity contribution in [1.82, 2.24) is 0 Å². The molecule has 0 saturated carbocycles. The third kappa shape index (κ3) is 3.66. The van der Waals surface area contributed by atoms with Gasteiger partial charge >= 0.3 is 0 Å². The van der Waals surface area contributed by atoms with Gasteiger partial charge in [0.15, 0.2) is 11.5 Å². The van der Waals surface area contributed by atoms with Crippen molar-refractivity contribution < 1.29 is 14.6 Å². The van der Waals surface area contributed by atoms with E-state index in [-0.39, 0.29) is 5.75 Å². The smallest absolute Gasteiger partial charge is 0.200 e. The molecule has 0 spiro atoms. The zero-order valence-corrected chi connectivity index (χ0v) is 12.3. The number of methoxy groups -OCH3 is 2. The summed E-state index contributed by atoms with van der Waals surface area (Å²) in [7, 11) is 2.97. The fraction of sp³-hybridized carbons (Fsp3) is 0.188. The second-order valence-electron chi connectivity index (χ2n) is 4.51. The topological polar surface area (TPSA) is 63.1 Å². The molecule has 0 unspecified atom stereocenters. The molecule has 2 aromatic rings. The fourth-order valence-corrected chi connectivity index (χ4v) is 1.80. The lowest BCUT2D eigenvalue weighted by atomic mass is 10.2. The number of rotatable bonds is 5. The Hall–Kier alpha value is -2.69. The molecule has 2 rings (SSSR count). The molecule has 5 heteroatoms. The highest BCUT2D eigenvalue weighted by atomic mass is 16.5. The maximum absolute atomic E-state index is 9.83. The molecule has 0 bridgehead atoms. The molecule has 0 atom stereocenters. The summed E-state index contributed by atoms with van der Waals surface area (Å²) in [5.41, 5.74) is 5.78. The molecule has 0 heterocycles. The Morgan fingerprint density at radius 1 is 1.05 bits per heavy atom. The van der Waals surface area contributed by atoms with Gasteiger partial charge in [-0.2, -0.15) is 5.10 Å². The molecule has 5 nitrogen and oxygen atoms in total. The van der Waals surface area contributed by atoms with E-state index in [0.29, 0.717) is 11.5 Å². The monoisotopic (exact) mass is 286 g/mol. The number of phenolic OH excluding ortho intramolecular Hbond substituents is 1. The van der Waals surface area contributed by atoms with E-state index in [1.807, 2.05) is 31.2 Å². The first-order chi connectivity index (χ1) is 10.1. The first-order valence-electron chi connectivity index (χ1n) is 6.44. The van der Waals surface area contributed by atoms with Crippen LogP contribution in [0.4, 0.5) is 5.69 Å². The van der Waals surface area contributed by atoms with Crippen LogP contribution in [-0.4, -0.2) is 25.5 Å². The van der Waals surface area contributed by atoms with Crippen LogP contribution in [0.5, 0.6) is 17.2 Å². The minimum Gasteiger partial charge on any atom is -0.502 e. The third-order valence-corrected chi connectivity index (χ3v) is 2.96. The van der Waals surface area contributed by atoms with Gasteiger partial charge in [-0.25, -0.2) is 0 Å². The molecule has 2 aromatic carbocycles. The standard InChI is InChI=1S/C16H18N2O3/c1-11-4-6-13(7-5-11)18-17-10-12-8-14(20-2)16(19)15(9-12)21-3/h4-10,18-19H,1-3H3/b17-10+. The summed E-state index contributed by atoms with van der Waals surface area (Å²) in [5, 5.41) is 14.0. The molecule has 0 fully saturated rings. The lowest BCUT2D eigenvalue weighted by molar-refractivity contribution is 0.340. The van der Waals surface area contributed by atoms with Crippen LogP contribution in [0.25, 0.3) is 0 Å². The van der Waals surface area contributed by atoms with Crippen molar-refractivity contribution in [3.8, 4) is 17.2 Å². The maximum atomic E-state index is 9.83. The molecule has 0 saturated heterocycles. The van der Waals surface area contributed by atoms with Crippen LogP contribution < -0.4 is 14.9 Å². The maximum Gasteiger partial charge on any atom is 0.200 e. The van der Waals surface area contributed by atoms with Gasteiger partial charge < -0.3 is 14.6 Å². The fourth-order valence-electron chi connectivity index (χ4n) is 1.80. The molecular weight excluding hydrogens is 268 g/mol. The summed E-state index contributed by atoms with van der Waals surface area (Å²) in [6.07, 6.45) is 1.63. The normalized spacial score (nSPS) is 10.6. The number of benzene rings is 2. The second kappa shape index (κ2) is 6.65. The Morgan fingerprint density at radius 2 is 1.62 bits per heavy atom. The van der Waals surface area contributed by atoms with Gasteiger partial charge in [0.25, 0.3) is 0 Å². The highest BCUT2D eigenvalue weighted by molar-refractivity contribution is 5.82. The molecule has 0 amide bonds. The Balaban J connectivity index is 2.15. The van der Waals surface area contributed by atoms with Crippen LogP contribution in [0, 0.1) is 6.92 Å². The van der Waals surface area contributed by atoms with E-state index in [1.165, 1.54) is 19.8 Å². The van der Waals surface area contributed by atoms with E-state index in [0.717, 1.165) is 11.3 Å². The van der Waals surface area contributed by atoms with Crippen molar-refractivity contribution >= 4 is 11.9 Å². The van der Waals surface area contributed by atoms with E-state index >= 15 is 0 Å². The largest absolute Gasteiger partial charge is 0.502 e. The van der Waals surface area contributed by atoms with Crippen molar-refractivity contribution in [3.63, 3.8) is 0 Å². The lowest BCUT2D eigenvalue weighted by Gasteiger charge is -2.09. The summed E-state index contributed by atoms with van der Waals surface area (Å²) >= 11 is 0. The van der Waals surface area contributed by atoms with Gasteiger partial charge in [0.1, 0.15) is 0 Å². The molecule has 0 aliphatic rings. The first kappa shape index (κ1) is 14.7. The quantitative estimate of drug-likeness (QED) is 0.654. The zero-order chi connectivity index (χ0) is 15.2. The van der Waals surface area contributed by atoms with E-state index in [2.05, 4.69) is 10.5 Å². The average Bonchev–Trinajstić information content (AvgIpc) is 2.50. The summed E-state index contributed by atoms with van der Waals surface area (Å²) in [6, 6.07) is 11.3. The minimum atomic E-state index is -0.0244. The van der Waals surface area contributed by atoms with Gasteiger partial charge in [-0.3, -0.25) is 5.43 Å². The SMILES string of the molecule is COc1cc(/C=N/Nc2ccc(C)cc2)cc(OC)c1O. The summed E-state index contributed by atoms with van der Waals surface area (Å²) in [6.45, 7) is 2.03. The Labute approximate surface area is 123 Å². The van der Waals surface area contributed by atoms with Crippen LogP contribution in [0.15, 0.2) is 41.5 Å². The average molecular weight is 286 g/mol. The Bertz CT molecular complexity index is 611. The van der Waals surface area contributed by atoms with Crippen LogP contribution >= 0.6 is 0 Å². The number of ether oxygens (including phenoxy) is 2. The van der Waals surface area contributed by atoms with E-state index in [9.17, 15) is 5.11 Å². The van der Waals surface area contributed by atoms with E-state index in [1.54, 1.807) is 18.3 Å². The number of phenols is 1. The zero-order valence-electron chi connectivity index (χ0n) is 12.3. The summed E-state index contributed by atoms with van der Waals surface area (Å²) in [4.78, 5) is 0. The molecule has 2 N–H and O–H groups in total. The number of aryl methyl sites for hydroxylation is 1. The van der Waals surface area contributed by atoms with Gasteiger partial charge in [-0.05, 0) is 31.2 Å². The van der Waals surface area contributed by atoms with Crippen molar-refractivity contribution in [2.24, 2.45) is 5.10 Å². The molecule has 0 aliphatic heterocycles. The summed E-state index contributed by atoms with van der Waals surface area (Å²) < 4.78 is 10.2. The number of nitrogens with zero attached hydrogens (tertiary/aromatic N) is 1. The van der Waals surface area contributed by atoms with Crippen LogP contribution in [0.1, 0.15) is 11.1 Å². The third-order valence-electron chi connectivity index (χ3n) is 2.96. The highest BCUT2D eigenvalue weighted by Gasteiger charge is 2.10. The van der Waals surface area contributed by atoms with Crippen LogP contribution in [0.3, 0.4) is 0 Å². The van der Waals surface area contributed by atoms with E-state index < -0.39 is 0 Å². The summed E-state index contributed by atoms with van der Waals surface area (Å²) in [5.74, 6) is 0.654. The number of aromatic hydroxyl groups is 1. The second-order valence-corrected chi connectivity index (χ2v) is 4.51. The van der Waals surface area contributed by atoms with Crippen LogP contribution in [0.2, 0.25) is 0 Å². The van der Waals surface area contributed by atoms with Gasteiger partial charge in [-0.1, -0.05) is 17.7 Å².